The molecule has 0 atom stereocenters. The van der Waals surface area contributed by atoms with Gasteiger partial charge in [0.25, 0.3) is 0 Å². The molecule has 2 nitrogen and oxygen atoms in total. The van der Waals surface area contributed by atoms with Gasteiger partial charge in [0.15, 0.2) is 0 Å². The van der Waals surface area contributed by atoms with E-state index in [1.165, 1.54) is 0 Å². The molecule has 1 aromatic carbocycles. The Bertz CT molecular complexity index is 475. The van der Waals surface area contributed by atoms with Gasteiger partial charge in [-0.2, -0.15) is 13.2 Å². The Balaban J connectivity index is 2.11. The maximum absolute atomic E-state index is 12.7. The lowest BCUT2D eigenvalue weighted by atomic mass is 9.75. The van der Waals surface area contributed by atoms with Crippen molar-refractivity contribution in [3.8, 4) is 5.75 Å². The van der Waals surface area contributed by atoms with Gasteiger partial charge in [-0.1, -0.05) is 12.1 Å². The highest BCUT2D eigenvalue weighted by Gasteiger charge is 2.45. The molecule has 1 aromatic rings. The third kappa shape index (κ3) is 3.90. The fraction of sp³-hybridized carbons (Fsp3) is 0.625. The topological polar surface area (TPSA) is 29.5 Å². The van der Waals surface area contributed by atoms with E-state index >= 15 is 0 Å². The number of alkyl halides is 3. The zero-order chi connectivity index (χ0) is 15.7. The van der Waals surface area contributed by atoms with E-state index < -0.39 is 17.7 Å². The first-order chi connectivity index (χ1) is 9.71. The number of hydrogen-bond donors (Lipinski definition) is 1. The molecule has 0 heterocycles. The van der Waals surface area contributed by atoms with E-state index in [1.54, 1.807) is 24.3 Å². The molecule has 0 saturated heterocycles. The zero-order valence-corrected chi connectivity index (χ0v) is 12.3. The van der Waals surface area contributed by atoms with Gasteiger partial charge in [-0.15, -0.1) is 0 Å². The monoisotopic (exact) mass is 302 g/mol. The summed E-state index contributed by atoms with van der Waals surface area (Å²) in [5, 5.41) is 10.7. The fourth-order valence-corrected chi connectivity index (χ4v) is 2.84. The molecule has 1 fully saturated rings. The second kappa shape index (κ2) is 5.87. The van der Waals surface area contributed by atoms with Gasteiger partial charge in [0.1, 0.15) is 5.75 Å². The van der Waals surface area contributed by atoms with Crippen molar-refractivity contribution in [3.05, 3.63) is 29.8 Å². The van der Waals surface area contributed by atoms with Crippen LogP contribution in [0.15, 0.2) is 24.3 Å². The van der Waals surface area contributed by atoms with Crippen LogP contribution >= 0.6 is 0 Å². The second-order valence-corrected chi connectivity index (χ2v) is 6.04. The normalized spacial score (nSPS) is 26.9. The molecule has 21 heavy (non-hydrogen) atoms. The maximum Gasteiger partial charge on any atom is 0.391 e. The van der Waals surface area contributed by atoms with Crippen LogP contribution in [-0.4, -0.2) is 17.4 Å². The smallest absolute Gasteiger partial charge is 0.391 e. The summed E-state index contributed by atoms with van der Waals surface area (Å²) in [5.74, 6) is -0.665. The third-order valence-electron chi connectivity index (χ3n) is 4.02. The molecule has 1 saturated carbocycles. The summed E-state index contributed by atoms with van der Waals surface area (Å²) in [6.07, 6.45) is -3.96. The largest absolute Gasteiger partial charge is 0.491 e. The van der Waals surface area contributed by atoms with E-state index in [0.717, 1.165) is 0 Å². The van der Waals surface area contributed by atoms with Crippen molar-refractivity contribution in [2.75, 3.05) is 0 Å². The molecule has 0 amide bonds. The number of halogens is 3. The van der Waals surface area contributed by atoms with Gasteiger partial charge in [-0.3, -0.25) is 0 Å². The Kier molecular flexibility index (Phi) is 4.51. The average molecular weight is 302 g/mol. The van der Waals surface area contributed by atoms with Gasteiger partial charge in [0.05, 0.1) is 17.6 Å². The van der Waals surface area contributed by atoms with E-state index in [4.69, 9.17) is 4.74 Å². The molecule has 5 heteroatoms. The number of hydrogen-bond acceptors (Lipinski definition) is 2. The Hall–Kier alpha value is -1.23. The molecular formula is C16H21F3O2. The fourth-order valence-electron chi connectivity index (χ4n) is 2.84. The van der Waals surface area contributed by atoms with Crippen molar-refractivity contribution < 1.29 is 23.0 Å². The Morgan fingerprint density at radius 2 is 1.86 bits per heavy atom. The van der Waals surface area contributed by atoms with Crippen molar-refractivity contribution in [2.24, 2.45) is 5.92 Å². The highest BCUT2D eigenvalue weighted by molar-refractivity contribution is 5.32. The minimum Gasteiger partial charge on any atom is -0.491 e. The van der Waals surface area contributed by atoms with Crippen molar-refractivity contribution >= 4 is 0 Å². The predicted molar refractivity (Wildman–Crippen MR) is 74.1 cm³/mol. The molecule has 0 bridgehead atoms. The lowest BCUT2D eigenvalue weighted by Gasteiger charge is -2.37. The summed E-state index contributed by atoms with van der Waals surface area (Å²) in [4.78, 5) is 0. The first kappa shape index (κ1) is 16.1. The van der Waals surface area contributed by atoms with Crippen LogP contribution in [0.4, 0.5) is 13.2 Å². The van der Waals surface area contributed by atoms with Crippen LogP contribution in [-0.2, 0) is 5.60 Å². The summed E-state index contributed by atoms with van der Waals surface area (Å²) in [6, 6.07) is 7.03. The summed E-state index contributed by atoms with van der Waals surface area (Å²) in [7, 11) is 0. The number of ether oxygens (including phenoxy) is 1. The van der Waals surface area contributed by atoms with E-state index in [-0.39, 0.29) is 31.8 Å². The highest BCUT2D eigenvalue weighted by Crippen LogP contribution is 2.45. The molecule has 0 radical (unpaired) electrons. The first-order valence-corrected chi connectivity index (χ1v) is 7.27. The number of benzene rings is 1. The summed E-state index contributed by atoms with van der Waals surface area (Å²) in [6.45, 7) is 3.80. The van der Waals surface area contributed by atoms with Crippen molar-refractivity contribution in [3.63, 3.8) is 0 Å². The zero-order valence-electron chi connectivity index (χ0n) is 12.3. The summed E-state index contributed by atoms with van der Waals surface area (Å²) < 4.78 is 43.7. The quantitative estimate of drug-likeness (QED) is 0.896. The summed E-state index contributed by atoms with van der Waals surface area (Å²) >= 11 is 0. The van der Waals surface area contributed by atoms with Crippen LogP contribution in [0.5, 0.6) is 5.75 Å². The van der Waals surface area contributed by atoms with Crippen LogP contribution < -0.4 is 4.74 Å². The van der Waals surface area contributed by atoms with E-state index in [1.807, 2.05) is 13.8 Å². The van der Waals surface area contributed by atoms with Crippen molar-refractivity contribution in [1.29, 1.82) is 0 Å². The van der Waals surface area contributed by atoms with E-state index in [0.29, 0.717) is 11.3 Å². The molecule has 2 rings (SSSR count). The molecular weight excluding hydrogens is 281 g/mol. The number of rotatable bonds is 3. The molecule has 0 aliphatic heterocycles. The van der Waals surface area contributed by atoms with E-state index in [9.17, 15) is 18.3 Å². The molecule has 1 N–H and O–H groups in total. The minimum absolute atomic E-state index is 0.0101. The van der Waals surface area contributed by atoms with Crippen LogP contribution in [0.1, 0.15) is 45.1 Å². The average Bonchev–Trinajstić information content (AvgIpc) is 2.37. The lowest BCUT2D eigenvalue weighted by molar-refractivity contribution is -0.193. The Morgan fingerprint density at radius 3 is 2.38 bits per heavy atom. The van der Waals surface area contributed by atoms with Crippen LogP contribution in [0, 0.1) is 5.92 Å². The van der Waals surface area contributed by atoms with Gasteiger partial charge in [-0.25, -0.2) is 0 Å². The Labute approximate surface area is 122 Å². The first-order valence-electron chi connectivity index (χ1n) is 7.27. The molecule has 0 unspecified atom stereocenters. The second-order valence-electron chi connectivity index (χ2n) is 6.04. The number of aliphatic hydroxyl groups is 1. The standard InChI is InChI=1S/C16H21F3O2/c1-11(2)21-14-5-3-4-13(10-14)15(20)8-6-12(7-9-15)16(17,18)19/h3-5,10-12,20H,6-9H2,1-2H3. The Morgan fingerprint density at radius 1 is 1.24 bits per heavy atom. The van der Waals surface area contributed by atoms with Gasteiger partial charge in [0.2, 0.25) is 0 Å². The van der Waals surface area contributed by atoms with Crippen molar-refractivity contribution in [2.45, 2.75) is 57.4 Å². The molecule has 118 valence electrons. The SMILES string of the molecule is CC(C)Oc1cccc(C2(O)CCC(C(F)(F)F)CC2)c1. The summed E-state index contributed by atoms with van der Waals surface area (Å²) in [5.41, 5.74) is -0.542. The van der Waals surface area contributed by atoms with E-state index in [2.05, 4.69) is 0 Å². The highest BCUT2D eigenvalue weighted by atomic mass is 19.4. The minimum atomic E-state index is -4.16. The maximum atomic E-state index is 12.7. The van der Waals surface area contributed by atoms with Crippen LogP contribution in [0.3, 0.4) is 0 Å². The van der Waals surface area contributed by atoms with Gasteiger partial charge in [0, 0.05) is 0 Å². The van der Waals surface area contributed by atoms with Crippen LogP contribution in [0.25, 0.3) is 0 Å². The van der Waals surface area contributed by atoms with Gasteiger partial charge in [-0.05, 0) is 57.2 Å². The van der Waals surface area contributed by atoms with Crippen LogP contribution in [0.2, 0.25) is 0 Å². The van der Waals surface area contributed by atoms with Gasteiger partial charge < -0.3 is 9.84 Å². The molecule has 0 aromatic heterocycles. The molecule has 0 spiro atoms. The third-order valence-corrected chi connectivity index (χ3v) is 4.02. The van der Waals surface area contributed by atoms with Gasteiger partial charge >= 0.3 is 6.18 Å². The van der Waals surface area contributed by atoms with Crippen molar-refractivity contribution in [1.82, 2.24) is 0 Å². The lowest BCUT2D eigenvalue weighted by Crippen LogP contribution is -2.36. The molecule has 1 aliphatic rings. The predicted octanol–water partition coefficient (Wildman–Crippen LogP) is 4.41. The molecule has 1 aliphatic carbocycles.